The Labute approximate surface area is 185 Å². The molecule has 1 spiro atoms. The summed E-state index contributed by atoms with van der Waals surface area (Å²) in [5.41, 5.74) is 6.46. The van der Waals surface area contributed by atoms with Gasteiger partial charge >= 0.3 is 6.03 Å². The van der Waals surface area contributed by atoms with Crippen molar-refractivity contribution >= 4 is 23.3 Å². The van der Waals surface area contributed by atoms with Crippen LogP contribution in [0.2, 0.25) is 0 Å². The van der Waals surface area contributed by atoms with Gasteiger partial charge in [0.05, 0.1) is 17.5 Å². The van der Waals surface area contributed by atoms with Gasteiger partial charge in [-0.25, -0.2) is 0 Å². The van der Waals surface area contributed by atoms with E-state index in [0.29, 0.717) is 0 Å². The fourth-order valence-corrected chi connectivity index (χ4v) is 4.95. The number of rotatable bonds is 2. The second-order valence-corrected chi connectivity index (χ2v) is 8.21. The maximum Gasteiger partial charge on any atom is 0.715 e. The first-order valence-electron chi connectivity index (χ1n) is 10.8. The van der Waals surface area contributed by atoms with Crippen LogP contribution >= 0.6 is 0 Å². The largest absolute Gasteiger partial charge is 0.715 e. The molecule has 4 nitrogen and oxygen atoms in total. The van der Waals surface area contributed by atoms with Gasteiger partial charge in [-0.3, -0.25) is 0 Å². The molecule has 4 heteroatoms. The zero-order valence-electron chi connectivity index (χ0n) is 17.3. The molecule has 0 aromatic heterocycles. The molecule has 4 aromatic carbocycles. The Bertz CT molecular complexity index is 1440. The lowest BCUT2D eigenvalue weighted by Crippen LogP contribution is -2.62. The molecule has 0 aliphatic carbocycles. The molecule has 0 amide bonds. The molecule has 0 N–H and O–H groups in total. The molecule has 7 rings (SSSR count). The van der Waals surface area contributed by atoms with Crippen LogP contribution in [0.5, 0.6) is 11.5 Å². The maximum absolute atomic E-state index is 6.90. The molecule has 32 heavy (non-hydrogen) atoms. The van der Waals surface area contributed by atoms with Gasteiger partial charge in [0.2, 0.25) is 17.1 Å². The van der Waals surface area contributed by atoms with Crippen LogP contribution in [-0.4, -0.2) is 27.1 Å². The molecule has 0 radical (unpaired) electrons. The molecular weight excluding hydrogens is 396 g/mol. The summed E-state index contributed by atoms with van der Waals surface area (Å²) in [4.78, 5) is 0. The van der Waals surface area contributed by atoms with Gasteiger partial charge in [-0.05, 0) is 22.8 Å². The topological polar surface area (TPSA) is 24.5 Å². The predicted octanol–water partition coefficient (Wildman–Crippen LogP) is 5.24. The van der Waals surface area contributed by atoms with Gasteiger partial charge < -0.3 is 9.47 Å². The Hall–Kier alpha value is -4.18. The first kappa shape index (κ1) is 17.5. The summed E-state index contributed by atoms with van der Waals surface area (Å²) < 4.78 is 18.0. The van der Waals surface area contributed by atoms with Gasteiger partial charge in [-0.2, -0.15) is 0 Å². The third-order valence-corrected chi connectivity index (χ3v) is 6.33. The van der Waals surface area contributed by atoms with Crippen LogP contribution in [-0.2, 0) is 6.42 Å². The van der Waals surface area contributed by atoms with Crippen LogP contribution in [0.1, 0.15) is 16.7 Å². The van der Waals surface area contributed by atoms with Crippen molar-refractivity contribution in [2.45, 2.75) is 12.5 Å². The van der Waals surface area contributed by atoms with E-state index < -0.39 is 6.03 Å². The van der Waals surface area contributed by atoms with Crippen molar-refractivity contribution in [3.8, 4) is 11.5 Å². The molecule has 3 bridgehead atoms. The lowest BCUT2D eigenvalue weighted by molar-refractivity contribution is -0.856. The number of hydrogen-bond donors (Lipinski definition) is 0. The molecule has 4 aromatic rings. The average molecular weight is 416 g/mol. The summed E-state index contributed by atoms with van der Waals surface area (Å²) in [6, 6.07) is 34.0. The highest BCUT2D eigenvalue weighted by molar-refractivity contribution is 6.03. The standard InChI is InChI=1S/C28H20N2O2/c1-3-12-22(13-4-1)29-19-21-11-9-10-20-18-25-24-16-7-8-17-26(24)31-28(29,32-27(20)21)30(25)23-14-5-2-6-15-23/h1-17,19H,18H2/q+2. The first-order valence-corrected chi connectivity index (χ1v) is 10.8. The van der Waals surface area contributed by atoms with Gasteiger partial charge in [-0.15, -0.1) is 0 Å². The summed E-state index contributed by atoms with van der Waals surface area (Å²) in [7, 11) is 0. The van der Waals surface area contributed by atoms with E-state index in [-0.39, 0.29) is 0 Å². The van der Waals surface area contributed by atoms with Crippen LogP contribution in [0.25, 0.3) is 0 Å². The first-order chi connectivity index (χ1) is 15.8. The molecule has 1 atom stereocenters. The zero-order chi connectivity index (χ0) is 21.1. The van der Waals surface area contributed by atoms with Crippen molar-refractivity contribution in [3.63, 3.8) is 0 Å². The number of nitrogens with zero attached hydrogens (tertiary/aromatic N) is 2. The number of ether oxygens (including phenoxy) is 2. The third kappa shape index (κ3) is 2.32. The van der Waals surface area contributed by atoms with Gasteiger partial charge in [0.15, 0.2) is 17.7 Å². The van der Waals surface area contributed by atoms with Crippen molar-refractivity contribution in [1.82, 2.24) is 0 Å². The molecule has 0 saturated carbocycles. The van der Waals surface area contributed by atoms with Crippen LogP contribution in [0.15, 0.2) is 103 Å². The van der Waals surface area contributed by atoms with Crippen LogP contribution in [0.3, 0.4) is 0 Å². The minimum absolute atomic E-state index is 0.747. The van der Waals surface area contributed by atoms with E-state index in [2.05, 4.69) is 82.1 Å². The highest BCUT2D eigenvalue weighted by atomic mass is 16.7. The smallest absolute Gasteiger partial charge is 0.340 e. The second-order valence-electron chi connectivity index (χ2n) is 8.21. The summed E-state index contributed by atoms with van der Waals surface area (Å²) in [5, 5.41) is 0. The highest BCUT2D eigenvalue weighted by Gasteiger charge is 2.69. The van der Waals surface area contributed by atoms with Crippen molar-refractivity contribution < 1.29 is 18.6 Å². The molecule has 0 saturated heterocycles. The van der Waals surface area contributed by atoms with Gasteiger partial charge in [0, 0.05) is 29.8 Å². The van der Waals surface area contributed by atoms with Gasteiger partial charge in [0.25, 0.3) is 0 Å². The number of fused-ring (bicyclic) bond motifs is 2. The fraction of sp³-hybridized carbons (Fsp3) is 0.0714. The molecule has 0 fully saturated rings. The highest BCUT2D eigenvalue weighted by Crippen LogP contribution is 2.45. The number of benzene rings is 4. The Kier molecular flexibility index (Phi) is 3.50. The Morgan fingerprint density at radius 3 is 2.19 bits per heavy atom. The lowest BCUT2D eigenvalue weighted by atomic mass is 9.98. The quantitative estimate of drug-likeness (QED) is 0.418. The van der Waals surface area contributed by atoms with Crippen molar-refractivity contribution in [1.29, 1.82) is 0 Å². The van der Waals surface area contributed by atoms with E-state index in [1.165, 1.54) is 0 Å². The summed E-state index contributed by atoms with van der Waals surface area (Å²) >= 11 is 0. The van der Waals surface area contributed by atoms with Crippen LogP contribution in [0, 0.1) is 0 Å². The minimum atomic E-state index is -1.22. The molecule has 152 valence electrons. The monoisotopic (exact) mass is 416 g/mol. The maximum atomic E-state index is 6.90. The molecule has 3 aliphatic heterocycles. The van der Waals surface area contributed by atoms with E-state index in [0.717, 1.165) is 51.7 Å². The van der Waals surface area contributed by atoms with E-state index in [1.54, 1.807) is 0 Å². The molecule has 1 unspecified atom stereocenters. The van der Waals surface area contributed by atoms with E-state index >= 15 is 0 Å². The number of para-hydroxylation sites is 4. The summed E-state index contributed by atoms with van der Waals surface area (Å²) in [6.45, 7) is 0. The van der Waals surface area contributed by atoms with Gasteiger partial charge in [-0.1, -0.05) is 65.2 Å². The van der Waals surface area contributed by atoms with E-state index in [9.17, 15) is 0 Å². The second kappa shape index (κ2) is 6.41. The predicted molar refractivity (Wildman–Crippen MR) is 123 cm³/mol. The van der Waals surface area contributed by atoms with Crippen molar-refractivity contribution in [2.24, 2.45) is 0 Å². The lowest BCUT2D eigenvalue weighted by Gasteiger charge is -2.31. The minimum Gasteiger partial charge on any atom is -0.340 e. The SMILES string of the molecule is C1=[N+](c2ccccc2)C23Oc4ccccc4C(=[N+]2c2ccccc2)Cc2cccc1c2O3. The van der Waals surface area contributed by atoms with Crippen molar-refractivity contribution in [3.05, 3.63) is 120 Å². The molecule has 3 heterocycles. The normalized spacial score (nSPS) is 19.8. The van der Waals surface area contributed by atoms with Crippen LogP contribution < -0.4 is 9.47 Å². The van der Waals surface area contributed by atoms with E-state index in [1.807, 2.05) is 36.4 Å². The third-order valence-electron chi connectivity index (χ3n) is 6.33. The fourth-order valence-electron chi connectivity index (χ4n) is 4.95. The Balaban J connectivity index is 1.64. The van der Waals surface area contributed by atoms with Gasteiger partial charge in [0.1, 0.15) is 0 Å². The van der Waals surface area contributed by atoms with Crippen molar-refractivity contribution in [2.75, 3.05) is 0 Å². The molecular formula is C28H20N2O2+2. The Morgan fingerprint density at radius 2 is 1.38 bits per heavy atom. The number of hydrogen-bond acceptors (Lipinski definition) is 2. The van der Waals surface area contributed by atoms with Crippen LogP contribution in [0.4, 0.5) is 11.4 Å². The summed E-state index contributed by atoms with van der Waals surface area (Å²) in [5.74, 6) is 1.70. The summed E-state index contributed by atoms with van der Waals surface area (Å²) in [6.07, 6.45) is 2.89. The Morgan fingerprint density at radius 1 is 0.656 bits per heavy atom. The molecule has 3 aliphatic rings. The van der Waals surface area contributed by atoms with E-state index in [4.69, 9.17) is 9.47 Å². The zero-order valence-corrected chi connectivity index (χ0v) is 17.3. The average Bonchev–Trinajstić information content (AvgIpc) is 2.95.